The van der Waals surface area contributed by atoms with E-state index in [9.17, 15) is 23.1 Å². The first-order valence-corrected chi connectivity index (χ1v) is 6.43. The summed E-state index contributed by atoms with van der Waals surface area (Å²) in [5.41, 5.74) is -0.524. The Bertz CT molecular complexity index is 894. The van der Waals surface area contributed by atoms with Crippen molar-refractivity contribution < 1.29 is 18.3 Å². The Morgan fingerprint density at radius 1 is 1.14 bits per heavy atom. The summed E-state index contributed by atoms with van der Waals surface area (Å²) in [5, 5.41) is 9.50. The predicted octanol–water partition coefficient (Wildman–Crippen LogP) is 3.10. The second kappa shape index (κ2) is 4.94. The summed E-state index contributed by atoms with van der Waals surface area (Å²) in [6.07, 6.45) is -4.49. The van der Waals surface area contributed by atoms with Crippen molar-refractivity contribution in [3.8, 4) is 5.75 Å². The molecule has 1 heterocycles. The molecule has 2 N–H and O–H groups in total. The molecule has 0 unspecified atom stereocenters. The minimum absolute atomic E-state index is 0.0126. The molecule has 2 aromatic carbocycles. The molecule has 0 atom stereocenters. The van der Waals surface area contributed by atoms with Crippen LogP contribution in [-0.4, -0.2) is 14.7 Å². The van der Waals surface area contributed by atoms with Crippen molar-refractivity contribution in [2.75, 3.05) is 0 Å². The molecule has 0 saturated carbocycles. The van der Waals surface area contributed by atoms with Gasteiger partial charge in [0.1, 0.15) is 5.75 Å². The normalized spacial score (nSPS) is 12.0. The number of phenolic OH excluding ortho intramolecular Hbond substituents is 1. The number of nitrogens with zero attached hydrogens (tertiary/aromatic N) is 1. The summed E-state index contributed by atoms with van der Waals surface area (Å²) in [4.78, 5) is 14.5. The smallest absolute Gasteiger partial charge is 0.416 e. The molecule has 0 radical (unpaired) electrons. The van der Waals surface area contributed by atoms with Crippen LogP contribution in [0.5, 0.6) is 5.75 Å². The van der Waals surface area contributed by atoms with Crippen LogP contribution in [0.15, 0.2) is 47.3 Å². The van der Waals surface area contributed by atoms with Crippen LogP contribution in [0.2, 0.25) is 0 Å². The van der Waals surface area contributed by atoms with Gasteiger partial charge in [-0.3, -0.25) is 4.57 Å². The zero-order chi connectivity index (χ0) is 15.9. The van der Waals surface area contributed by atoms with E-state index in [1.54, 1.807) is 0 Å². The summed E-state index contributed by atoms with van der Waals surface area (Å²) < 4.78 is 40.2. The summed E-state index contributed by atoms with van der Waals surface area (Å²) in [5.74, 6) is -0.0654. The average molecular weight is 308 g/mol. The molecule has 22 heavy (non-hydrogen) atoms. The molecular weight excluding hydrogens is 297 g/mol. The van der Waals surface area contributed by atoms with E-state index in [-0.39, 0.29) is 17.9 Å². The predicted molar refractivity (Wildman–Crippen MR) is 74.8 cm³/mol. The fourth-order valence-corrected chi connectivity index (χ4v) is 2.40. The van der Waals surface area contributed by atoms with E-state index in [1.807, 2.05) is 0 Å². The van der Waals surface area contributed by atoms with E-state index in [0.717, 1.165) is 6.07 Å². The van der Waals surface area contributed by atoms with Gasteiger partial charge in [0, 0.05) is 6.07 Å². The van der Waals surface area contributed by atoms with Crippen molar-refractivity contribution in [2.24, 2.45) is 0 Å². The van der Waals surface area contributed by atoms with E-state index < -0.39 is 17.4 Å². The maximum absolute atomic E-state index is 13.0. The second-order valence-electron chi connectivity index (χ2n) is 4.87. The SMILES string of the molecule is O=c1[nH]c2ccc(O)cc2n1Cc1ccccc1C(F)(F)F. The third-order valence-electron chi connectivity index (χ3n) is 3.41. The molecule has 0 aliphatic carbocycles. The molecule has 0 amide bonds. The van der Waals surface area contributed by atoms with Gasteiger partial charge in [-0.25, -0.2) is 4.79 Å². The standard InChI is InChI=1S/C15H11F3N2O2/c16-15(17,18)11-4-2-1-3-9(11)8-20-13-7-10(21)5-6-12(13)19-14(20)22/h1-7,21H,8H2,(H,19,22). The number of H-pyrrole nitrogens is 1. The molecule has 114 valence electrons. The van der Waals surface area contributed by atoms with Crippen LogP contribution in [0.1, 0.15) is 11.1 Å². The summed E-state index contributed by atoms with van der Waals surface area (Å²) in [6.45, 7) is -0.238. The van der Waals surface area contributed by atoms with Crippen molar-refractivity contribution >= 4 is 11.0 Å². The van der Waals surface area contributed by atoms with Gasteiger partial charge in [-0.15, -0.1) is 0 Å². The van der Waals surface area contributed by atoms with Crippen LogP contribution >= 0.6 is 0 Å². The largest absolute Gasteiger partial charge is 0.508 e. The Hall–Kier alpha value is -2.70. The monoisotopic (exact) mass is 308 g/mol. The van der Waals surface area contributed by atoms with Crippen LogP contribution in [-0.2, 0) is 12.7 Å². The number of alkyl halides is 3. The van der Waals surface area contributed by atoms with Gasteiger partial charge in [-0.2, -0.15) is 13.2 Å². The van der Waals surface area contributed by atoms with Crippen LogP contribution in [0.3, 0.4) is 0 Å². The van der Waals surface area contributed by atoms with Crippen molar-refractivity contribution in [1.29, 1.82) is 0 Å². The molecule has 0 saturated heterocycles. The minimum Gasteiger partial charge on any atom is -0.508 e. The fraction of sp³-hybridized carbons (Fsp3) is 0.133. The number of fused-ring (bicyclic) bond motifs is 1. The quantitative estimate of drug-likeness (QED) is 0.764. The molecule has 7 heteroatoms. The number of imidazole rings is 1. The average Bonchev–Trinajstić information content (AvgIpc) is 2.74. The number of aromatic nitrogens is 2. The zero-order valence-electron chi connectivity index (χ0n) is 11.2. The topological polar surface area (TPSA) is 58.0 Å². The van der Waals surface area contributed by atoms with E-state index >= 15 is 0 Å². The number of rotatable bonds is 2. The van der Waals surface area contributed by atoms with Crippen molar-refractivity contribution in [3.63, 3.8) is 0 Å². The highest BCUT2D eigenvalue weighted by Crippen LogP contribution is 2.32. The number of nitrogens with one attached hydrogen (secondary N) is 1. The lowest BCUT2D eigenvalue weighted by Crippen LogP contribution is -2.19. The highest BCUT2D eigenvalue weighted by Gasteiger charge is 2.33. The summed E-state index contributed by atoms with van der Waals surface area (Å²) >= 11 is 0. The van der Waals surface area contributed by atoms with Crippen molar-refractivity contribution in [2.45, 2.75) is 12.7 Å². The number of aromatic hydroxyl groups is 1. The van der Waals surface area contributed by atoms with E-state index in [0.29, 0.717) is 11.0 Å². The highest BCUT2D eigenvalue weighted by atomic mass is 19.4. The molecule has 0 bridgehead atoms. The summed E-state index contributed by atoms with van der Waals surface area (Å²) in [6, 6.07) is 9.33. The number of benzene rings is 2. The molecule has 1 aromatic heterocycles. The maximum atomic E-state index is 13.0. The number of hydrogen-bond donors (Lipinski definition) is 2. The Labute approximate surface area is 122 Å². The molecule has 0 spiro atoms. The highest BCUT2D eigenvalue weighted by molar-refractivity contribution is 5.77. The van der Waals surface area contributed by atoms with E-state index in [1.165, 1.54) is 41.0 Å². The Balaban J connectivity index is 2.14. The van der Waals surface area contributed by atoms with Crippen LogP contribution in [0, 0.1) is 0 Å². The van der Waals surface area contributed by atoms with Crippen molar-refractivity contribution in [1.82, 2.24) is 9.55 Å². The molecular formula is C15H11F3N2O2. The van der Waals surface area contributed by atoms with Gasteiger partial charge in [0.15, 0.2) is 0 Å². The number of hydrogen-bond acceptors (Lipinski definition) is 2. The molecule has 3 rings (SSSR count). The number of phenols is 1. The van der Waals surface area contributed by atoms with Crippen LogP contribution in [0.25, 0.3) is 11.0 Å². The number of halogens is 3. The first-order valence-electron chi connectivity index (χ1n) is 6.43. The lowest BCUT2D eigenvalue weighted by Gasteiger charge is -2.13. The van der Waals surface area contributed by atoms with Gasteiger partial charge in [0.05, 0.1) is 23.1 Å². The van der Waals surface area contributed by atoms with Crippen LogP contribution < -0.4 is 5.69 Å². The molecule has 0 aliphatic heterocycles. The first kappa shape index (κ1) is 14.2. The molecule has 0 fully saturated rings. The maximum Gasteiger partial charge on any atom is 0.416 e. The third-order valence-corrected chi connectivity index (χ3v) is 3.41. The Morgan fingerprint density at radius 3 is 2.59 bits per heavy atom. The van der Waals surface area contributed by atoms with Gasteiger partial charge in [0.25, 0.3) is 0 Å². The Morgan fingerprint density at radius 2 is 1.86 bits per heavy atom. The minimum atomic E-state index is -4.49. The molecule has 4 nitrogen and oxygen atoms in total. The van der Waals surface area contributed by atoms with Gasteiger partial charge in [-0.1, -0.05) is 18.2 Å². The van der Waals surface area contributed by atoms with Crippen LogP contribution in [0.4, 0.5) is 13.2 Å². The van der Waals surface area contributed by atoms with Gasteiger partial charge in [-0.05, 0) is 23.8 Å². The molecule has 0 aliphatic rings. The van der Waals surface area contributed by atoms with E-state index in [2.05, 4.69) is 4.98 Å². The lowest BCUT2D eigenvalue weighted by atomic mass is 10.1. The lowest BCUT2D eigenvalue weighted by molar-refractivity contribution is -0.138. The Kier molecular flexibility index (Phi) is 3.20. The van der Waals surface area contributed by atoms with Gasteiger partial charge >= 0.3 is 11.9 Å². The fourth-order valence-electron chi connectivity index (χ4n) is 2.40. The number of aromatic amines is 1. The third kappa shape index (κ3) is 2.45. The van der Waals surface area contributed by atoms with Gasteiger partial charge in [0.2, 0.25) is 0 Å². The first-order chi connectivity index (χ1) is 10.4. The second-order valence-corrected chi connectivity index (χ2v) is 4.87. The van der Waals surface area contributed by atoms with Gasteiger partial charge < -0.3 is 10.1 Å². The molecule has 3 aromatic rings. The van der Waals surface area contributed by atoms with Crippen molar-refractivity contribution in [3.05, 3.63) is 64.1 Å². The summed E-state index contributed by atoms with van der Waals surface area (Å²) in [7, 11) is 0. The zero-order valence-corrected chi connectivity index (χ0v) is 11.2. The van der Waals surface area contributed by atoms with E-state index in [4.69, 9.17) is 0 Å².